The highest BCUT2D eigenvalue weighted by Gasteiger charge is 2.51. The Morgan fingerprint density at radius 1 is 0.923 bits per heavy atom. The van der Waals surface area contributed by atoms with Gasteiger partial charge in [-0.25, -0.2) is 4.79 Å². The van der Waals surface area contributed by atoms with Gasteiger partial charge in [0.15, 0.2) is 12.4 Å². The Balaban J connectivity index is 0.00000312. The van der Waals surface area contributed by atoms with Gasteiger partial charge in [0.1, 0.15) is 42.7 Å². The van der Waals surface area contributed by atoms with E-state index in [9.17, 15) is 35.4 Å². The fourth-order valence-electron chi connectivity index (χ4n) is 2.76. The minimum atomic E-state index is -1.89. The van der Waals surface area contributed by atoms with Gasteiger partial charge in [-0.3, -0.25) is 0 Å². The summed E-state index contributed by atoms with van der Waals surface area (Å²) in [6.07, 6.45) is -15.3. The first-order chi connectivity index (χ1) is 11.2. The SMILES string of the molecule is C.C.C[C@H]1OC(CO)[C@@H](O[C@@H]2OC(C(=O)O)[C@@H](O)C(O)C2O)C(O)C1O. The van der Waals surface area contributed by atoms with Crippen molar-refractivity contribution < 1.29 is 54.8 Å². The van der Waals surface area contributed by atoms with E-state index in [4.69, 9.17) is 19.3 Å². The van der Waals surface area contributed by atoms with Gasteiger partial charge in [0.05, 0.1) is 12.7 Å². The first-order valence-corrected chi connectivity index (χ1v) is 7.39. The van der Waals surface area contributed by atoms with E-state index in [0.29, 0.717) is 0 Å². The number of aliphatic hydroxyl groups excluding tert-OH is 6. The van der Waals surface area contributed by atoms with Crippen LogP contribution in [0.3, 0.4) is 0 Å². The summed E-state index contributed by atoms with van der Waals surface area (Å²) in [5.41, 5.74) is 0. The summed E-state index contributed by atoms with van der Waals surface area (Å²) in [4.78, 5) is 11.0. The van der Waals surface area contributed by atoms with Crippen LogP contribution in [0.4, 0.5) is 0 Å². The molecule has 2 aliphatic rings. The topological polar surface area (TPSA) is 186 Å². The van der Waals surface area contributed by atoms with Crippen molar-refractivity contribution in [2.45, 2.75) is 83.0 Å². The lowest BCUT2D eigenvalue weighted by Gasteiger charge is -2.45. The van der Waals surface area contributed by atoms with Crippen LogP contribution in [0, 0.1) is 0 Å². The molecule has 10 atom stereocenters. The third-order valence-corrected chi connectivity index (χ3v) is 4.21. The predicted molar refractivity (Wildman–Crippen MR) is 86.1 cm³/mol. The molecule has 0 saturated carbocycles. The van der Waals surface area contributed by atoms with Crippen LogP contribution in [0.15, 0.2) is 0 Å². The van der Waals surface area contributed by atoms with Crippen LogP contribution in [-0.4, -0.2) is 110 Å². The third-order valence-electron chi connectivity index (χ3n) is 4.21. The minimum absolute atomic E-state index is 0. The van der Waals surface area contributed by atoms with E-state index in [-0.39, 0.29) is 14.9 Å². The van der Waals surface area contributed by atoms with Gasteiger partial charge in [0.2, 0.25) is 0 Å². The zero-order valence-electron chi connectivity index (χ0n) is 12.7. The Morgan fingerprint density at radius 3 is 2.00 bits per heavy atom. The molecule has 0 aromatic heterocycles. The smallest absolute Gasteiger partial charge is 0.335 e. The van der Waals surface area contributed by atoms with E-state index in [2.05, 4.69) is 0 Å². The second kappa shape index (κ2) is 9.88. The van der Waals surface area contributed by atoms with Gasteiger partial charge >= 0.3 is 5.97 Å². The largest absolute Gasteiger partial charge is 0.479 e. The normalized spacial score (nSPS) is 46.0. The molecular formula is C15H30O11. The van der Waals surface area contributed by atoms with Crippen molar-refractivity contribution >= 4 is 5.97 Å². The summed E-state index contributed by atoms with van der Waals surface area (Å²) in [5, 5.41) is 67.5. The van der Waals surface area contributed by atoms with Gasteiger partial charge in [0, 0.05) is 0 Å². The lowest BCUT2D eigenvalue weighted by atomic mass is 9.95. The molecule has 156 valence electrons. The molecule has 0 amide bonds. The van der Waals surface area contributed by atoms with Gasteiger partial charge in [-0.05, 0) is 6.92 Å². The summed E-state index contributed by atoms with van der Waals surface area (Å²) in [5.74, 6) is -1.59. The number of ether oxygens (including phenoxy) is 3. The Hall–Kier alpha value is -0.890. The van der Waals surface area contributed by atoms with Gasteiger partial charge < -0.3 is 50.0 Å². The molecular weight excluding hydrogens is 356 g/mol. The number of hydrogen-bond donors (Lipinski definition) is 7. The molecule has 0 aromatic rings. The molecule has 0 spiro atoms. The fraction of sp³-hybridized carbons (Fsp3) is 0.933. The molecule has 7 N–H and O–H groups in total. The fourth-order valence-corrected chi connectivity index (χ4v) is 2.76. The molecule has 0 bridgehead atoms. The van der Waals surface area contributed by atoms with E-state index < -0.39 is 73.8 Å². The molecule has 2 rings (SSSR count). The Labute approximate surface area is 151 Å². The van der Waals surface area contributed by atoms with E-state index in [1.54, 1.807) is 0 Å². The van der Waals surface area contributed by atoms with E-state index in [0.717, 1.165) is 0 Å². The molecule has 0 aliphatic carbocycles. The number of carboxylic acid groups (broad SMARTS) is 1. The maximum absolute atomic E-state index is 11.0. The van der Waals surface area contributed by atoms with Gasteiger partial charge in [-0.2, -0.15) is 0 Å². The quantitative estimate of drug-likeness (QED) is 0.262. The van der Waals surface area contributed by atoms with E-state index in [1.165, 1.54) is 6.92 Å². The van der Waals surface area contributed by atoms with E-state index >= 15 is 0 Å². The monoisotopic (exact) mass is 386 g/mol. The standard InChI is InChI=1S/C13H22O11.2CH4/c1-3-5(15)7(17)10(4(2-14)22-3)23-13-9(19)6(16)8(18)11(24-13)12(20)21;;/h3-11,13-19H,2H2,1H3,(H,20,21);2*1H4/t3-,4?,5?,6?,7?,8+,9?,10-,11?,13-;;/m1../s1. The van der Waals surface area contributed by atoms with Crippen molar-refractivity contribution in [1.29, 1.82) is 0 Å². The maximum Gasteiger partial charge on any atom is 0.335 e. The predicted octanol–water partition coefficient (Wildman–Crippen LogP) is -2.96. The molecule has 2 saturated heterocycles. The molecule has 2 aliphatic heterocycles. The highest BCUT2D eigenvalue weighted by molar-refractivity contribution is 5.73. The van der Waals surface area contributed by atoms with Crippen molar-refractivity contribution in [2.75, 3.05) is 6.61 Å². The number of rotatable bonds is 4. The third kappa shape index (κ3) is 4.68. The zero-order valence-corrected chi connectivity index (χ0v) is 12.7. The molecule has 11 heteroatoms. The van der Waals surface area contributed by atoms with Crippen LogP contribution >= 0.6 is 0 Å². The molecule has 0 aromatic carbocycles. The molecule has 2 fully saturated rings. The Morgan fingerprint density at radius 2 is 1.50 bits per heavy atom. The number of aliphatic carboxylic acids is 1. The van der Waals surface area contributed by atoms with Crippen LogP contribution < -0.4 is 0 Å². The zero-order chi connectivity index (χ0) is 18.2. The first-order valence-electron chi connectivity index (χ1n) is 7.39. The Bertz CT molecular complexity index is 445. The summed E-state index contributed by atoms with van der Waals surface area (Å²) in [6, 6.07) is 0. The second-order valence-corrected chi connectivity index (χ2v) is 5.88. The van der Waals surface area contributed by atoms with Crippen LogP contribution in [0.1, 0.15) is 21.8 Å². The van der Waals surface area contributed by atoms with Crippen molar-refractivity contribution in [2.24, 2.45) is 0 Å². The average Bonchev–Trinajstić information content (AvgIpc) is 2.54. The minimum Gasteiger partial charge on any atom is -0.479 e. The number of carboxylic acids is 1. The van der Waals surface area contributed by atoms with Gasteiger partial charge in [-0.15, -0.1) is 0 Å². The van der Waals surface area contributed by atoms with Crippen molar-refractivity contribution in [3.63, 3.8) is 0 Å². The van der Waals surface area contributed by atoms with Crippen molar-refractivity contribution in [3.05, 3.63) is 0 Å². The van der Waals surface area contributed by atoms with Crippen LogP contribution in [-0.2, 0) is 19.0 Å². The van der Waals surface area contributed by atoms with Gasteiger partial charge in [0.25, 0.3) is 0 Å². The van der Waals surface area contributed by atoms with Crippen LogP contribution in [0.2, 0.25) is 0 Å². The molecule has 6 unspecified atom stereocenters. The molecule has 2 heterocycles. The lowest BCUT2D eigenvalue weighted by molar-refractivity contribution is -0.335. The molecule has 11 nitrogen and oxygen atoms in total. The lowest BCUT2D eigenvalue weighted by Crippen LogP contribution is -2.64. The number of hydrogen-bond acceptors (Lipinski definition) is 10. The van der Waals surface area contributed by atoms with Crippen molar-refractivity contribution in [3.8, 4) is 0 Å². The van der Waals surface area contributed by atoms with Crippen LogP contribution in [0.5, 0.6) is 0 Å². The van der Waals surface area contributed by atoms with Crippen LogP contribution in [0.25, 0.3) is 0 Å². The summed E-state index contributed by atoms with van der Waals surface area (Å²) in [6.45, 7) is 0.883. The van der Waals surface area contributed by atoms with E-state index in [1.807, 2.05) is 0 Å². The molecule has 26 heavy (non-hydrogen) atoms. The van der Waals surface area contributed by atoms with Crippen molar-refractivity contribution in [1.82, 2.24) is 0 Å². The number of aliphatic hydroxyl groups is 6. The first kappa shape index (κ1) is 25.1. The Kier molecular flexibility index (Phi) is 9.54. The highest BCUT2D eigenvalue weighted by atomic mass is 16.7. The summed E-state index contributed by atoms with van der Waals surface area (Å²) >= 11 is 0. The van der Waals surface area contributed by atoms with Gasteiger partial charge in [-0.1, -0.05) is 14.9 Å². The molecule has 0 radical (unpaired) electrons. The average molecular weight is 386 g/mol. The number of carbonyl (C=O) groups is 1. The second-order valence-electron chi connectivity index (χ2n) is 5.88. The highest BCUT2D eigenvalue weighted by Crippen LogP contribution is 2.29. The summed E-state index contributed by atoms with van der Waals surface area (Å²) < 4.78 is 15.5. The summed E-state index contributed by atoms with van der Waals surface area (Å²) in [7, 11) is 0. The maximum atomic E-state index is 11.0.